The van der Waals surface area contributed by atoms with Gasteiger partial charge in [-0.15, -0.1) is 0 Å². The zero-order chi connectivity index (χ0) is 21.3. The number of nitrogens with zero attached hydrogens (tertiary/aromatic N) is 4. The summed E-state index contributed by atoms with van der Waals surface area (Å²) < 4.78 is 2.06. The fourth-order valence-electron chi connectivity index (χ4n) is 3.92. The molecule has 0 unspecified atom stereocenters. The Labute approximate surface area is 180 Å². The molecule has 1 aliphatic rings. The second-order valence-corrected chi connectivity index (χ2v) is 8.14. The average Bonchev–Trinajstić information content (AvgIpc) is 3.33. The maximum atomic E-state index is 11.0. The summed E-state index contributed by atoms with van der Waals surface area (Å²) in [6, 6.07) is 16.4. The Morgan fingerprint density at radius 2 is 1.93 bits per heavy atom. The molecule has 1 aromatic carbocycles. The smallest absolute Gasteiger partial charge is 0.269 e. The molecule has 1 N–H and O–H groups in total. The van der Waals surface area contributed by atoms with Gasteiger partial charge in [-0.2, -0.15) is 0 Å². The van der Waals surface area contributed by atoms with Crippen molar-refractivity contribution in [3.8, 4) is 5.69 Å². The van der Waals surface area contributed by atoms with Gasteiger partial charge in [-0.05, 0) is 54.5 Å². The molecule has 154 valence electrons. The number of non-ortho nitro benzene ring substituents is 1. The van der Waals surface area contributed by atoms with E-state index in [1.165, 1.54) is 12.1 Å². The minimum atomic E-state index is -0.388. The standard InChI is InChI=1S/C22H23N5O2S/c1-15(2)14-26-21(20(24-22(26)30)18-6-3-4-12-23-18)19-7-5-13-25(19)16-8-10-17(11-9-16)27(28)29/h3-13,15,20-21H,14H2,1-2H3,(H,24,30)/t20-,21-/m1/s1. The van der Waals surface area contributed by atoms with Gasteiger partial charge in [-0.1, -0.05) is 19.9 Å². The van der Waals surface area contributed by atoms with Crippen LogP contribution in [0.25, 0.3) is 5.69 Å². The first-order chi connectivity index (χ1) is 14.5. The van der Waals surface area contributed by atoms with Crippen molar-refractivity contribution in [2.45, 2.75) is 25.9 Å². The molecule has 4 rings (SSSR count). The molecule has 0 saturated carbocycles. The fraction of sp³-hybridized carbons (Fsp3) is 0.273. The van der Waals surface area contributed by atoms with Crippen LogP contribution in [0.5, 0.6) is 0 Å². The number of hydrogen-bond donors (Lipinski definition) is 1. The highest BCUT2D eigenvalue weighted by Gasteiger charge is 2.41. The number of thiocarbonyl (C=S) groups is 1. The average molecular weight is 422 g/mol. The van der Waals surface area contributed by atoms with Crippen LogP contribution in [0.1, 0.15) is 37.3 Å². The first-order valence-corrected chi connectivity index (χ1v) is 10.3. The molecular formula is C22H23N5O2S. The van der Waals surface area contributed by atoms with Gasteiger partial charge < -0.3 is 14.8 Å². The first-order valence-electron chi connectivity index (χ1n) is 9.86. The van der Waals surface area contributed by atoms with Crippen molar-refractivity contribution < 1.29 is 4.92 Å². The van der Waals surface area contributed by atoms with E-state index in [4.69, 9.17) is 12.2 Å². The normalized spacial score (nSPS) is 18.6. The summed E-state index contributed by atoms with van der Waals surface area (Å²) in [6.45, 7) is 5.15. The van der Waals surface area contributed by atoms with E-state index in [1.54, 1.807) is 18.3 Å². The largest absolute Gasteiger partial charge is 0.352 e. The van der Waals surface area contributed by atoms with Crippen LogP contribution in [0.4, 0.5) is 5.69 Å². The first kappa shape index (κ1) is 20.0. The summed E-state index contributed by atoms with van der Waals surface area (Å²) in [4.78, 5) is 17.4. The minimum absolute atomic E-state index is 0.0556. The topological polar surface area (TPSA) is 76.2 Å². The SMILES string of the molecule is CC(C)CN1C(=S)N[C@H](c2ccccn2)[C@H]1c1cccn1-c1ccc([N+](=O)[O-])cc1. The van der Waals surface area contributed by atoms with Crippen LogP contribution < -0.4 is 5.32 Å². The Morgan fingerprint density at radius 1 is 1.17 bits per heavy atom. The summed E-state index contributed by atoms with van der Waals surface area (Å²) in [5.41, 5.74) is 2.91. The molecule has 1 fully saturated rings. The Morgan fingerprint density at radius 3 is 2.57 bits per heavy atom. The quantitative estimate of drug-likeness (QED) is 0.361. The number of aromatic nitrogens is 2. The third-order valence-electron chi connectivity index (χ3n) is 5.18. The van der Waals surface area contributed by atoms with Crippen molar-refractivity contribution in [1.82, 2.24) is 19.8 Å². The number of pyridine rings is 1. The molecule has 3 heterocycles. The van der Waals surface area contributed by atoms with E-state index in [2.05, 4.69) is 39.7 Å². The molecule has 0 spiro atoms. The number of rotatable bonds is 6. The molecular weight excluding hydrogens is 398 g/mol. The zero-order valence-corrected chi connectivity index (χ0v) is 17.6. The zero-order valence-electron chi connectivity index (χ0n) is 16.8. The number of nitro benzene ring substituents is 1. The number of hydrogen-bond acceptors (Lipinski definition) is 4. The summed E-state index contributed by atoms with van der Waals surface area (Å²) in [6.07, 6.45) is 3.76. The van der Waals surface area contributed by atoms with Gasteiger partial charge in [-0.3, -0.25) is 15.1 Å². The fourth-order valence-corrected chi connectivity index (χ4v) is 4.24. The Kier molecular flexibility index (Phi) is 5.50. The van der Waals surface area contributed by atoms with Crippen molar-refractivity contribution in [1.29, 1.82) is 0 Å². The highest BCUT2D eigenvalue weighted by atomic mass is 32.1. The monoisotopic (exact) mass is 421 g/mol. The van der Waals surface area contributed by atoms with E-state index in [-0.39, 0.29) is 22.7 Å². The van der Waals surface area contributed by atoms with Crippen LogP contribution in [0.2, 0.25) is 0 Å². The van der Waals surface area contributed by atoms with Crippen molar-refractivity contribution >= 4 is 23.0 Å². The number of benzene rings is 1. The summed E-state index contributed by atoms with van der Waals surface area (Å²) in [5.74, 6) is 0.428. The van der Waals surface area contributed by atoms with Gasteiger partial charge in [0.25, 0.3) is 5.69 Å². The highest BCUT2D eigenvalue weighted by Crippen LogP contribution is 2.39. The van der Waals surface area contributed by atoms with E-state index >= 15 is 0 Å². The van der Waals surface area contributed by atoms with Gasteiger partial charge in [-0.25, -0.2) is 0 Å². The van der Waals surface area contributed by atoms with Crippen molar-refractivity contribution in [3.05, 3.63) is 88.5 Å². The second kappa shape index (κ2) is 8.23. The Hall–Kier alpha value is -3.26. The minimum Gasteiger partial charge on any atom is -0.352 e. The van der Waals surface area contributed by atoms with Crippen LogP contribution in [-0.2, 0) is 0 Å². The van der Waals surface area contributed by atoms with E-state index in [1.807, 2.05) is 30.5 Å². The molecule has 3 aromatic rings. The molecule has 2 atom stereocenters. The van der Waals surface area contributed by atoms with Gasteiger partial charge in [0.2, 0.25) is 0 Å². The second-order valence-electron chi connectivity index (χ2n) is 7.75. The van der Waals surface area contributed by atoms with Crippen LogP contribution in [0.3, 0.4) is 0 Å². The molecule has 0 bridgehead atoms. The summed E-state index contributed by atoms with van der Waals surface area (Å²) in [5, 5.41) is 15.2. The molecule has 0 aliphatic carbocycles. The molecule has 0 amide bonds. The van der Waals surface area contributed by atoms with Crippen LogP contribution in [0.15, 0.2) is 67.0 Å². The molecule has 30 heavy (non-hydrogen) atoms. The maximum Gasteiger partial charge on any atom is 0.269 e. The van der Waals surface area contributed by atoms with Crippen LogP contribution in [-0.4, -0.2) is 31.0 Å². The predicted molar refractivity (Wildman–Crippen MR) is 119 cm³/mol. The van der Waals surface area contributed by atoms with Gasteiger partial charge in [0.05, 0.1) is 22.7 Å². The molecule has 7 nitrogen and oxygen atoms in total. The highest BCUT2D eigenvalue weighted by molar-refractivity contribution is 7.80. The van der Waals surface area contributed by atoms with Gasteiger partial charge in [0.1, 0.15) is 0 Å². The maximum absolute atomic E-state index is 11.0. The molecule has 8 heteroatoms. The number of nitrogens with one attached hydrogen (secondary N) is 1. The van der Waals surface area contributed by atoms with Crippen molar-refractivity contribution in [2.24, 2.45) is 5.92 Å². The van der Waals surface area contributed by atoms with E-state index < -0.39 is 0 Å². The molecule has 1 aliphatic heterocycles. The van der Waals surface area contributed by atoms with E-state index in [0.29, 0.717) is 11.0 Å². The van der Waals surface area contributed by atoms with Gasteiger partial charge in [0, 0.05) is 42.5 Å². The van der Waals surface area contributed by atoms with Gasteiger partial charge in [0.15, 0.2) is 5.11 Å². The van der Waals surface area contributed by atoms with E-state index in [9.17, 15) is 10.1 Å². The van der Waals surface area contributed by atoms with E-state index in [0.717, 1.165) is 23.6 Å². The lowest BCUT2D eigenvalue weighted by Crippen LogP contribution is -2.33. The van der Waals surface area contributed by atoms with Crippen LogP contribution in [0, 0.1) is 16.0 Å². The summed E-state index contributed by atoms with van der Waals surface area (Å²) >= 11 is 5.70. The third-order valence-corrected chi connectivity index (χ3v) is 5.53. The van der Waals surface area contributed by atoms with Gasteiger partial charge >= 0.3 is 0 Å². The predicted octanol–water partition coefficient (Wildman–Crippen LogP) is 4.41. The lowest BCUT2D eigenvalue weighted by atomic mass is 10.0. The van der Waals surface area contributed by atoms with Crippen LogP contribution >= 0.6 is 12.2 Å². The van der Waals surface area contributed by atoms with Crippen molar-refractivity contribution in [3.63, 3.8) is 0 Å². The third kappa shape index (κ3) is 3.78. The molecule has 1 saturated heterocycles. The Bertz CT molecular complexity index is 1050. The molecule has 2 aromatic heterocycles. The summed E-state index contributed by atoms with van der Waals surface area (Å²) in [7, 11) is 0. The molecule has 0 radical (unpaired) electrons. The Balaban J connectivity index is 1.78. The van der Waals surface area contributed by atoms with Crippen molar-refractivity contribution in [2.75, 3.05) is 6.54 Å². The lowest BCUT2D eigenvalue weighted by molar-refractivity contribution is -0.384. The lowest BCUT2D eigenvalue weighted by Gasteiger charge is -2.30. The number of nitro groups is 1.